The first kappa shape index (κ1) is 15.5. The Bertz CT molecular complexity index is 856. The number of carbonyl (C=O) groups is 1. The average molecular weight is 338 g/mol. The van der Waals surface area contributed by atoms with Gasteiger partial charge in [-0.15, -0.1) is 0 Å². The van der Waals surface area contributed by atoms with Gasteiger partial charge in [-0.25, -0.2) is 21.9 Å². The van der Waals surface area contributed by atoms with Gasteiger partial charge in [0.2, 0.25) is 5.91 Å². The number of hydrogen-bond donors (Lipinski definition) is 1. The van der Waals surface area contributed by atoms with E-state index in [9.17, 15) is 22.0 Å². The lowest BCUT2D eigenvalue weighted by molar-refractivity contribution is -0.120. The Morgan fingerprint density at radius 3 is 2.70 bits per heavy atom. The molecule has 1 aromatic carbocycles. The lowest BCUT2D eigenvalue weighted by atomic mass is 10.1. The quantitative estimate of drug-likeness (QED) is 0.925. The fourth-order valence-corrected chi connectivity index (χ4v) is 3.40. The summed E-state index contributed by atoms with van der Waals surface area (Å²) in [4.78, 5) is 15.6. The molecular weight excluding hydrogens is 326 g/mol. The minimum atomic E-state index is -4.02. The van der Waals surface area contributed by atoms with Crippen LogP contribution < -0.4 is 4.72 Å². The zero-order valence-corrected chi connectivity index (χ0v) is 12.6. The summed E-state index contributed by atoms with van der Waals surface area (Å²) in [7, 11) is -4.02. The second kappa shape index (κ2) is 5.69. The van der Waals surface area contributed by atoms with Crippen LogP contribution in [0.25, 0.3) is 0 Å². The molecule has 8 heteroatoms. The summed E-state index contributed by atoms with van der Waals surface area (Å²) in [6.07, 6.45) is 2.80. The summed E-state index contributed by atoms with van der Waals surface area (Å²) in [6, 6.07) is 6.48. The lowest BCUT2D eigenvalue weighted by Crippen LogP contribution is -2.32. The van der Waals surface area contributed by atoms with E-state index >= 15 is 0 Å². The Labute approximate surface area is 131 Å². The third-order valence-corrected chi connectivity index (χ3v) is 5.02. The van der Waals surface area contributed by atoms with Gasteiger partial charge in [-0.2, -0.15) is 0 Å². The van der Waals surface area contributed by atoms with Crippen molar-refractivity contribution in [2.75, 3.05) is 0 Å². The molecule has 1 aliphatic carbocycles. The first-order chi connectivity index (χ1) is 10.9. The first-order valence-electron chi connectivity index (χ1n) is 6.81. The van der Waals surface area contributed by atoms with Gasteiger partial charge in [-0.1, -0.05) is 12.1 Å². The second-order valence-corrected chi connectivity index (χ2v) is 6.93. The standard InChI is InChI=1S/C15H12F2N2O3S/c16-13-5-1-4-10(14(13)17)11-7-12(11)15(20)19-23(21,22)9-3-2-6-18-8-9/h1-6,8,11-12H,7H2,(H,19,20)/t11-,12+/m1/s1. The molecule has 0 aliphatic heterocycles. The number of aromatic nitrogens is 1. The van der Waals surface area contributed by atoms with Gasteiger partial charge in [0.05, 0.1) is 0 Å². The van der Waals surface area contributed by atoms with Crippen LogP contribution in [0.4, 0.5) is 8.78 Å². The third kappa shape index (κ3) is 3.07. The molecule has 1 aliphatic rings. The number of nitrogens with zero attached hydrogens (tertiary/aromatic N) is 1. The average Bonchev–Trinajstić information content (AvgIpc) is 3.31. The SMILES string of the molecule is O=C(NS(=O)(=O)c1cccnc1)[C@H]1C[C@@H]1c1cccc(F)c1F. The summed E-state index contributed by atoms with van der Waals surface area (Å²) in [5.41, 5.74) is 0.0870. The Kier molecular flexibility index (Phi) is 3.85. The molecule has 0 spiro atoms. The zero-order valence-electron chi connectivity index (χ0n) is 11.7. The highest BCUT2D eigenvalue weighted by atomic mass is 32.2. The number of carbonyl (C=O) groups excluding carboxylic acids is 1. The molecule has 0 bridgehead atoms. The highest BCUT2D eigenvalue weighted by Crippen LogP contribution is 2.48. The van der Waals surface area contributed by atoms with Gasteiger partial charge >= 0.3 is 0 Å². The number of benzene rings is 1. The van der Waals surface area contributed by atoms with E-state index in [0.717, 1.165) is 12.3 Å². The molecule has 23 heavy (non-hydrogen) atoms. The molecule has 5 nitrogen and oxygen atoms in total. The first-order valence-corrected chi connectivity index (χ1v) is 8.29. The molecule has 2 aromatic rings. The van der Waals surface area contributed by atoms with E-state index in [2.05, 4.69) is 4.98 Å². The molecule has 1 aromatic heterocycles. The maximum absolute atomic E-state index is 13.7. The molecule has 1 amide bonds. The van der Waals surface area contributed by atoms with Crippen LogP contribution in [0.15, 0.2) is 47.6 Å². The van der Waals surface area contributed by atoms with Crippen LogP contribution in [0, 0.1) is 17.6 Å². The van der Waals surface area contributed by atoms with Gasteiger partial charge in [-0.05, 0) is 36.1 Å². The molecule has 0 unspecified atom stereocenters. The molecule has 3 rings (SSSR count). The number of nitrogens with one attached hydrogen (secondary N) is 1. The fourth-order valence-electron chi connectivity index (χ4n) is 2.41. The van der Waals surface area contributed by atoms with Gasteiger partial charge < -0.3 is 0 Å². The minimum absolute atomic E-state index is 0.0870. The van der Waals surface area contributed by atoms with Gasteiger partial charge in [0, 0.05) is 18.3 Å². The predicted molar refractivity (Wildman–Crippen MR) is 76.8 cm³/mol. The summed E-state index contributed by atoms with van der Waals surface area (Å²) in [6.45, 7) is 0. The maximum atomic E-state index is 13.7. The smallest absolute Gasteiger partial charge is 0.265 e. The van der Waals surface area contributed by atoms with Gasteiger partial charge in [0.1, 0.15) is 4.90 Å². The van der Waals surface area contributed by atoms with Crippen molar-refractivity contribution in [3.8, 4) is 0 Å². The van der Waals surface area contributed by atoms with Crippen molar-refractivity contribution in [3.63, 3.8) is 0 Å². The predicted octanol–water partition coefficient (Wildman–Crippen LogP) is 1.97. The highest BCUT2D eigenvalue weighted by molar-refractivity contribution is 7.90. The van der Waals surface area contributed by atoms with Crippen molar-refractivity contribution in [1.29, 1.82) is 0 Å². The monoisotopic (exact) mass is 338 g/mol. The van der Waals surface area contributed by atoms with E-state index in [-0.39, 0.29) is 16.9 Å². The largest absolute Gasteiger partial charge is 0.274 e. The Balaban J connectivity index is 1.73. The van der Waals surface area contributed by atoms with Crippen molar-refractivity contribution < 1.29 is 22.0 Å². The van der Waals surface area contributed by atoms with Crippen LogP contribution in [-0.2, 0) is 14.8 Å². The summed E-state index contributed by atoms with van der Waals surface area (Å²) >= 11 is 0. The maximum Gasteiger partial charge on any atom is 0.265 e. The topological polar surface area (TPSA) is 76.1 Å². The lowest BCUT2D eigenvalue weighted by Gasteiger charge is -2.07. The molecule has 2 atom stereocenters. The number of rotatable bonds is 4. The fraction of sp³-hybridized carbons (Fsp3) is 0.200. The normalized spacial score (nSPS) is 20.1. The van der Waals surface area contributed by atoms with Crippen molar-refractivity contribution >= 4 is 15.9 Å². The van der Waals surface area contributed by atoms with Gasteiger partial charge in [0.25, 0.3) is 10.0 Å². The van der Waals surface area contributed by atoms with Gasteiger partial charge in [0.15, 0.2) is 11.6 Å². The molecule has 1 fully saturated rings. The summed E-state index contributed by atoms with van der Waals surface area (Å²) in [5.74, 6) is -3.94. The molecule has 1 heterocycles. The van der Waals surface area contributed by atoms with Crippen LogP contribution in [0.3, 0.4) is 0 Å². The van der Waals surface area contributed by atoms with E-state index in [1.54, 1.807) is 0 Å². The van der Waals surface area contributed by atoms with Crippen LogP contribution in [-0.4, -0.2) is 19.3 Å². The molecule has 1 saturated carbocycles. The number of halogens is 2. The van der Waals surface area contributed by atoms with Crippen LogP contribution in [0.2, 0.25) is 0 Å². The van der Waals surface area contributed by atoms with E-state index in [4.69, 9.17) is 0 Å². The van der Waals surface area contributed by atoms with Crippen LogP contribution in [0.1, 0.15) is 17.9 Å². The number of hydrogen-bond acceptors (Lipinski definition) is 4. The minimum Gasteiger partial charge on any atom is -0.274 e. The van der Waals surface area contributed by atoms with Gasteiger partial charge in [-0.3, -0.25) is 9.78 Å². The second-order valence-electron chi connectivity index (χ2n) is 5.25. The molecule has 120 valence electrons. The zero-order chi connectivity index (χ0) is 16.6. The highest BCUT2D eigenvalue weighted by Gasteiger charge is 2.46. The molecular formula is C15H12F2N2O3S. The van der Waals surface area contributed by atoms with E-state index in [1.807, 2.05) is 4.72 Å². The number of sulfonamides is 1. The molecule has 0 saturated heterocycles. The van der Waals surface area contributed by atoms with Crippen molar-refractivity contribution in [2.45, 2.75) is 17.2 Å². The summed E-state index contributed by atoms with van der Waals surface area (Å²) < 4.78 is 52.9. The van der Waals surface area contributed by atoms with Crippen molar-refractivity contribution in [3.05, 3.63) is 59.9 Å². The van der Waals surface area contributed by atoms with Crippen molar-refractivity contribution in [2.24, 2.45) is 5.92 Å². The summed E-state index contributed by atoms with van der Waals surface area (Å²) in [5, 5.41) is 0. The van der Waals surface area contributed by atoms with E-state index in [0.29, 0.717) is 0 Å². The Morgan fingerprint density at radius 2 is 2.00 bits per heavy atom. The Morgan fingerprint density at radius 1 is 1.22 bits per heavy atom. The Hall–Kier alpha value is -2.35. The molecule has 0 radical (unpaired) electrons. The van der Waals surface area contributed by atoms with E-state index < -0.39 is 39.4 Å². The molecule has 1 N–H and O–H groups in total. The van der Waals surface area contributed by atoms with Crippen molar-refractivity contribution in [1.82, 2.24) is 9.71 Å². The number of amides is 1. The third-order valence-electron chi connectivity index (χ3n) is 3.69. The van der Waals surface area contributed by atoms with E-state index in [1.165, 1.54) is 30.5 Å². The number of pyridine rings is 1. The van der Waals surface area contributed by atoms with Crippen LogP contribution in [0.5, 0.6) is 0 Å². The van der Waals surface area contributed by atoms with Crippen LogP contribution >= 0.6 is 0 Å².